The first-order chi connectivity index (χ1) is 7.72. The molecule has 0 aliphatic carbocycles. The van der Waals surface area contributed by atoms with Gasteiger partial charge in [0.2, 0.25) is 0 Å². The van der Waals surface area contributed by atoms with E-state index in [9.17, 15) is 4.39 Å². The second-order valence-corrected chi connectivity index (χ2v) is 4.52. The van der Waals surface area contributed by atoms with Crippen LogP contribution in [0.4, 0.5) is 4.39 Å². The number of thioether (sulfide) groups is 1. The minimum atomic E-state index is -0.147. The van der Waals surface area contributed by atoms with Gasteiger partial charge in [-0.2, -0.15) is 0 Å². The molecule has 0 aliphatic heterocycles. The Morgan fingerprint density at radius 3 is 2.31 bits per heavy atom. The molecule has 0 heterocycles. The maximum atomic E-state index is 13.4. The van der Waals surface area contributed by atoms with Crippen molar-refractivity contribution in [2.45, 2.75) is 11.8 Å². The van der Waals surface area contributed by atoms with Crippen molar-refractivity contribution in [1.29, 1.82) is 0 Å². The van der Waals surface area contributed by atoms with Gasteiger partial charge in [0.1, 0.15) is 5.82 Å². The average molecular weight is 232 g/mol. The van der Waals surface area contributed by atoms with Crippen LogP contribution in [0.3, 0.4) is 0 Å². The molecule has 0 bridgehead atoms. The van der Waals surface area contributed by atoms with Crippen LogP contribution in [-0.2, 0) is 0 Å². The molecule has 2 rings (SSSR count). The van der Waals surface area contributed by atoms with Gasteiger partial charge in [0.15, 0.2) is 0 Å². The van der Waals surface area contributed by atoms with E-state index in [0.717, 1.165) is 11.1 Å². The fraction of sp³-hybridized carbons (Fsp3) is 0.143. The summed E-state index contributed by atoms with van der Waals surface area (Å²) in [4.78, 5) is 1.22. The monoisotopic (exact) mass is 232 g/mol. The summed E-state index contributed by atoms with van der Waals surface area (Å²) in [6.07, 6.45) is 2.04. The molecule has 0 fully saturated rings. The Bertz CT molecular complexity index is 489. The zero-order chi connectivity index (χ0) is 11.5. The molecule has 0 nitrogen and oxygen atoms in total. The molecule has 0 amide bonds. The van der Waals surface area contributed by atoms with E-state index in [4.69, 9.17) is 0 Å². The number of halogens is 1. The first kappa shape index (κ1) is 11.2. The predicted octanol–water partition coefficient (Wildman–Crippen LogP) is 4.52. The van der Waals surface area contributed by atoms with Crippen LogP contribution in [0.5, 0.6) is 0 Å². The zero-order valence-corrected chi connectivity index (χ0v) is 10.1. The van der Waals surface area contributed by atoms with E-state index in [1.807, 2.05) is 31.4 Å². The molecule has 0 aliphatic rings. The van der Waals surface area contributed by atoms with Crippen molar-refractivity contribution >= 4 is 11.8 Å². The van der Waals surface area contributed by atoms with Gasteiger partial charge >= 0.3 is 0 Å². The second-order valence-electron chi connectivity index (χ2n) is 3.64. The fourth-order valence-corrected chi connectivity index (χ4v) is 2.10. The summed E-state index contributed by atoms with van der Waals surface area (Å²) in [6, 6.07) is 13.4. The van der Waals surface area contributed by atoms with Crippen molar-refractivity contribution in [2.24, 2.45) is 0 Å². The van der Waals surface area contributed by atoms with Crippen molar-refractivity contribution < 1.29 is 4.39 Å². The van der Waals surface area contributed by atoms with Crippen LogP contribution in [0.15, 0.2) is 47.4 Å². The van der Waals surface area contributed by atoms with Gasteiger partial charge in [-0.25, -0.2) is 4.39 Å². The molecular weight excluding hydrogens is 219 g/mol. The molecule has 16 heavy (non-hydrogen) atoms. The van der Waals surface area contributed by atoms with Gasteiger partial charge in [0, 0.05) is 4.90 Å². The van der Waals surface area contributed by atoms with Crippen molar-refractivity contribution in [2.75, 3.05) is 6.26 Å². The Kier molecular flexibility index (Phi) is 3.30. The molecular formula is C14H13FS. The first-order valence-electron chi connectivity index (χ1n) is 5.12. The molecule has 0 saturated carbocycles. The van der Waals surface area contributed by atoms with Crippen LogP contribution < -0.4 is 0 Å². The van der Waals surface area contributed by atoms with E-state index in [-0.39, 0.29) is 5.82 Å². The lowest BCUT2D eigenvalue weighted by atomic mass is 10.0. The average Bonchev–Trinajstić information content (AvgIpc) is 2.33. The van der Waals surface area contributed by atoms with Crippen LogP contribution in [-0.4, -0.2) is 6.26 Å². The van der Waals surface area contributed by atoms with Crippen molar-refractivity contribution in [3.8, 4) is 11.1 Å². The van der Waals surface area contributed by atoms with Gasteiger partial charge in [-0.1, -0.05) is 24.3 Å². The first-order valence-corrected chi connectivity index (χ1v) is 6.34. The summed E-state index contributed by atoms with van der Waals surface area (Å²) in [5, 5.41) is 0. The van der Waals surface area contributed by atoms with E-state index < -0.39 is 0 Å². The number of hydrogen-bond acceptors (Lipinski definition) is 1. The van der Waals surface area contributed by atoms with E-state index in [0.29, 0.717) is 5.56 Å². The topological polar surface area (TPSA) is 0 Å². The molecule has 0 N–H and O–H groups in total. The molecule has 2 aromatic rings. The summed E-state index contributed by atoms with van der Waals surface area (Å²) in [5.41, 5.74) is 2.74. The third-order valence-corrected chi connectivity index (χ3v) is 3.41. The second kappa shape index (κ2) is 4.71. The normalized spacial score (nSPS) is 10.4. The Morgan fingerprint density at radius 1 is 1.00 bits per heavy atom. The summed E-state index contributed by atoms with van der Waals surface area (Å²) in [5.74, 6) is -0.147. The van der Waals surface area contributed by atoms with Crippen molar-refractivity contribution in [3.63, 3.8) is 0 Å². The zero-order valence-electron chi connectivity index (χ0n) is 9.33. The minimum Gasteiger partial charge on any atom is -0.207 e. The predicted molar refractivity (Wildman–Crippen MR) is 68.4 cm³/mol. The molecule has 0 spiro atoms. The number of hydrogen-bond donors (Lipinski definition) is 0. The molecule has 0 saturated heterocycles. The van der Waals surface area contributed by atoms with Crippen LogP contribution in [0.2, 0.25) is 0 Å². The third kappa shape index (κ3) is 2.12. The van der Waals surface area contributed by atoms with E-state index >= 15 is 0 Å². The molecule has 0 unspecified atom stereocenters. The van der Waals surface area contributed by atoms with Gasteiger partial charge < -0.3 is 0 Å². The maximum absolute atomic E-state index is 13.4. The summed E-state index contributed by atoms with van der Waals surface area (Å²) in [6.45, 7) is 1.81. The smallest absolute Gasteiger partial charge is 0.126 e. The lowest BCUT2D eigenvalue weighted by Crippen LogP contribution is -1.87. The van der Waals surface area contributed by atoms with E-state index in [2.05, 4.69) is 12.1 Å². The highest BCUT2D eigenvalue weighted by Gasteiger charge is 2.05. The van der Waals surface area contributed by atoms with Crippen molar-refractivity contribution in [1.82, 2.24) is 0 Å². The SMILES string of the molecule is CSc1ccc(-c2cccc(F)c2C)cc1. The molecule has 82 valence electrons. The minimum absolute atomic E-state index is 0.147. The lowest BCUT2D eigenvalue weighted by molar-refractivity contribution is 0.619. The van der Waals surface area contributed by atoms with Gasteiger partial charge in [-0.3, -0.25) is 0 Å². The van der Waals surface area contributed by atoms with Crippen molar-refractivity contribution in [3.05, 3.63) is 53.8 Å². The molecule has 0 radical (unpaired) electrons. The highest BCUT2D eigenvalue weighted by atomic mass is 32.2. The summed E-state index contributed by atoms with van der Waals surface area (Å²) < 4.78 is 13.4. The highest BCUT2D eigenvalue weighted by Crippen LogP contribution is 2.26. The van der Waals surface area contributed by atoms with Gasteiger partial charge in [0.25, 0.3) is 0 Å². The third-order valence-electron chi connectivity index (χ3n) is 2.67. The standard InChI is InChI=1S/C14H13FS/c1-10-13(4-3-5-14(10)15)11-6-8-12(16-2)9-7-11/h3-9H,1-2H3. The Labute approximate surface area is 99.5 Å². The van der Waals surface area contributed by atoms with Crippen LogP contribution in [0, 0.1) is 12.7 Å². The molecule has 2 heteroatoms. The van der Waals surface area contributed by atoms with Gasteiger partial charge in [-0.15, -0.1) is 11.8 Å². The Hall–Kier alpha value is -1.28. The van der Waals surface area contributed by atoms with Gasteiger partial charge in [-0.05, 0) is 48.1 Å². The van der Waals surface area contributed by atoms with E-state index in [1.165, 1.54) is 11.0 Å². The Morgan fingerprint density at radius 2 is 1.69 bits per heavy atom. The maximum Gasteiger partial charge on any atom is 0.126 e. The van der Waals surface area contributed by atoms with Gasteiger partial charge in [0.05, 0.1) is 0 Å². The number of benzene rings is 2. The molecule has 2 aromatic carbocycles. The summed E-state index contributed by atoms with van der Waals surface area (Å²) >= 11 is 1.71. The lowest BCUT2D eigenvalue weighted by Gasteiger charge is -2.07. The van der Waals surface area contributed by atoms with Crippen LogP contribution in [0.25, 0.3) is 11.1 Å². The van der Waals surface area contributed by atoms with Crippen LogP contribution >= 0.6 is 11.8 Å². The largest absolute Gasteiger partial charge is 0.207 e. The summed E-state index contributed by atoms with van der Waals surface area (Å²) in [7, 11) is 0. The molecule has 0 atom stereocenters. The highest BCUT2D eigenvalue weighted by molar-refractivity contribution is 7.98. The number of rotatable bonds is 2. The van der Waals surface area contributed by atoms with Crippen LogP contribution in [0.1, 0.15) is 5.56 Å². The molecule has 0 aromatic heterocycles. The Balaban J connectivity index is 2.46. The fourth-order valence-electron chi connectivity index (χ4n) is 1.69. The van der Waals surface area contributed by atoms with E-state index in [1.54, 1.807) is 17.8 Å². The quantitative estimate of drug-likeness (QED) is 0.686.